The van der Waals surface area contributed by atoms with Crippen molar-refractivity contribution in [2.24, 2.45) is 0 Å². The van der Waals surface area contributed by atoms with Crippen LogP contribution in [0.15, 0.2) is 12.3 Å². The summed E-state index contributed by atoms with van der Waals surface area (Å²) in [5.41, 5.74) is 7.40. The minimum Gasteiger partial charge on any atom is -0.369 e. The maximum absolute atomic E-state index is 5.85. The fraction of sp³-hybridized carbons (Fsp3) is 0.400. The predicted molar refractivity (Wildman–Crippen MR) is 62.0 cm³/mol. The minimum atomic E-state index is 0.295. The van der Waals surface area contributed by atoms with Crippen molar-refractivity contribution in [3.05, 3.63) is 17.3 Å². The summed E-state index contributed by atoms with van der Waals surface area (Å²) in [6.07, 6.45) is 2.60. The Morgan fingerprint density at radius 3 is 3.00 bits per heavy atom. The second kappa shape index (κ2) is 3.70. The van der Waals surface area contributed by atoms with E-state index in [0.717, 1.165) is 17.6 Å². The average Bonchev–Trinajstić information content (AvgIpc) is 2.52. The Morgan fingerprint density at radius 1 is 1.60 bits per heavy atom. The highest BCUT2D eigenvalue weighted by Crippen LogP contribution is 2.24. The van der Waals surface area contributed by atoms with Gasteiger partial charge in [-0.15, -0.1) is 0 Å². The predicted octanol–water partition coefficient (Wildman–Crippen LogP) is 2.64. The van der Waals surface area contributed by atoms with Gasteiger partial charge in [0, 0.05) is 12.2 Å². The van der Waals surface area contributed by atoms with Crippen LogP contribution >= 0.6 is 11.6 Å². The average molecular weight is 225 g/mol. The van der Waals surface area contributed by atoms with Crippen molar-refractivity contribution in [1.29, 1.82) is 0 Å². The highest BCUT2D eigenvalue weighted by atomic mass is 35.5. The summed E-state index contributed by atoms with van der Waals surface area (Å²) in [5, 5.41) is 0.580. The van der Waals surface area contributed by atoms with Gasteiger partial charge in [0.05, 0.1) is 5.02 Å². The number of imidazole rings is 1. The molecule has 80 valence electrons. The number of aromatic nitrogens is 3. The van der Waals surface area contributed by atoms with Crippen molar-refractivity contribution < 1.29 is 0 Å². The number of hydrogen-bond acceptors (Lipinski definition) is 3. The van der Waals surface area contributed by atoms with E-state index < -0.39 is 0 Å². The Kier molecular flexibility index (Phi) is 2.52. The molecule has 2 aromatic heterocycles. The fourth-order valence-electron chi connectivity index (χ4n) is 1.59. The first kappa shape index (κ1) is 10.2. The van der Waals surface area contributed by atoms with Gasteiger partial charge >= 0.3 is 0 Å². The summed E-state index contributed by atoms with van der Waals surface area (Å²) in [7, 11) is 0. The molecule has 0 amide bonds. The minimum absolute atomic E-state index is 0.295. The van der Waals surface area contributed by atoms with Gasteiger partial charge in [0.15, 0.2) is 5.65 Å². The summed E-state index contributed by atoms with van der Waals surface area (Å²) < 4.78 is 1.94. The number of nitrogens with zero attached hydrogens (tertiary/aromatic N) is 3. The third-order valence-corrected chi connectivity index (χ3v) is 2.76. The molecule has 2 rings (SSSR count). The van der Waals surface area contributed by atoms with Gasteiger partial charge in [-0.1, -0.05) is 18.5 Å². The zero-order chi connectivity index (χ0) is 11.0. The molecule has 2 heterocycles. The van der Waals surface area contributed by atoms with Crippen molar-refractivity contribution in [2.45, 2.75) is 26.3 Å². The van der Waals surface area contributed by atoms with E-state index in [4.69, 9.17) is 17.3 Å². The third-order valence-electron chi connectivity index (χ3n) is 2.56. The summed E-state index contributed by atoms with van der Waals surface area (Å²) >= 11 is 5.84. The van der Waals surface area contributed by atoms with Crippen LogP contribution < -0.4 is 5.73 Å². The van der Waals surface area contributed by atoms with E-state index in [1.165, 1.54) is 0 Å². The lowest BCUT2D eigenvalue weighted by molar-refractivity contribution is 0.548. The maximum Gasteiger partial charge on any atom is 0.202 e. The van der Waals surface area contributed by atoms with Crippen LogP contribution in [0.1, 0.15) is 26.3 Å². The molecule has 0 radical (unpaired) electrons. The molecule has 0 spiro atoms. The monoisotopic (exact) mass is 224 g/mol. The molecule has 0 saturated carbocycles. The summed E-state index contributed by atoms with van der Waals surface area (Å²) in [5.74, 6) is 0.495. The second-order valence-electron chi connectivity index (χ2n) is 3.59. The van der Waals surface area contributed by atoms with Crippen LogP contribution in [0.3, 0.4) is 0 Å². The number of rotatable bonds is 2. The van der Waals surface area contributed by atoms with Crippen molar-refractivity contribution in [2.75, 3.05) is 5.73 Å². The molecule has 1 atom stereocenters. The van der Waals surface area contributed by atoms with Crippen molar-refractivity contribution in [3.8, 4) is 0 Å². The SMILES string of the molecule is CCC(C)n1c(N)nc2cc(Cl)cnc21. The lowest BCUT2D eigenvalue weighted by Gasteiger charge is -2.12. The Labute approximate surface area is 93.1 Å². The molecule has 0 aromatic carbocycles. The number of pyridine rings is 1. The van der Waals surface area contributed by atoms with Gasteiger partial charge < -0.3 is 5.73 Å². The smallest absolute Gasteiger partial charge is 0.202 e. The van der Waals surface area contributed by atoms with Gasteiger partial charge in [0.2, 0.25) is 5.95 Å². The zero-order valence-electron chi connectivity index (χ0n) is 8.74. The summed E-state index contributed by atoms with van der Waals surface area (Å²) in [6, 6.07) is 2.07. The van der Waals surface area contributed by atoms with Crippen molar-refractivity contribution in [1.82, 2.24) is 14.5 Å². The third kappa shape index (κ3) is 1.65. The van der Waals surface area contributed by atoms with Gasteiger partial charge in [0.1, 0.15) is 5.52 Å². The van der Waals surface area contributed by atoms with E-state index >= 15 is 0 Å². The maximum atomic E-state index is 5.85. The zero-order valence-corrected chi connectivity index (χ0v) is 9.49. The lowest BCUT2D eigenvalue weighted by Crippen LogP contribution is -2.08. The molecule has 0 aliphatic carbocycles. The molecule has 4 nitrogen and oxygen atoms in total. The molecule has 0 aliphatic heterocycles. The quantitative estimate of drug-likeness (QED) is 0.853. The van der Waals surface area contributed by atoms with Crippen LogP contribution in [-0.4, -0.2) is 14.5 Å². The van der Waals surface area contributed by atoms with E-state index in [0.29, 0.717) is 17.0 Å². The Balaban J connectivity index is 2.68. The standard InChI is InChI=1S/C10H13ClN4/c1-3-6(2)15-9-8(14-10(15)12)4-7(11)5-13-9/h4-6H,3H2,1-2H3,(H2,12,14). The van der Waals surface area contributed by atoms with Crippen LogP contribution in [-0.2, 0) is 0 Å². The van der Waals surface area contributed by atoms with Crippen LogP contribution in [0.5, 0.6) is 0 Å². The molecule has 0 aliphatic rings. The molecule has 2 aromatic rings. The van der Waals surface area contributed by atoms with E-state index in [-0.39, 0.29) is 0 Å². The van der Waals surface area contributed by atoms with E-state index in [1.807, 2.05) is 4.57 Å². The molecule has 0 fully saturated rings. The van der Waals surface area contributed by atoms with Gasteiger partial charge in [-0.05, 0) is 19.4 Å². The van der Waals surface area contributed by atoms with E-state index in [1.54, 1.807) is 12.3 Å². The van der Waals surface area contributed by atoms with Crippen LogP contribution in [0.4, 0.5) is 5.95 Å². The first-order valence-corrected chi connectivity index (χ1v) is 5.30. The van der Waals surface area contributed by atoms with Crippen molar-refractivity contribution in [3.63, 3.8) is 0 Å². The molecule has 2 N–H and O–H groups in total. The number of hydrogen-bond donors (Lipinski definition) is 1. The molecule has 15 heavy (non-hydrogen) atoms. The number of nitrogens with two attached hydrogens (primary N) is 1. The van der Waals surface area contributed by atoms with E-state index in [2.05, 4.69) is 23.8 Å². The molecule has 0 saturated heterocycles. The second-order valence-corrected chi connectivity index (χ2v) is 4.03. The largest absolute Gasteiger partial charge is 0.369 e. The van der Waals surface area contributed by atoms with Gasteiger partial charge in [0.25, 0.3) is 0 Å². The van der Waals surface area contributed by atoms with E-state index in [9.17, 15) is 0 Å². The molecule has 0 bridgehead atoms. The van der Waals surface area contributed by atoms with Crippen LogP contribution in [0.25, 0.3) is 11.2 Å². The summed E-state index contributed by atoms with van der Waals surface area (Å²) in [6.45, 7) is 4.19. The first-order chi connectivity index (χ1) is 7.13. The number of anilines is 1. The lowest BCUT2D eigenvalue weighted by atomic mass is 10.2. The normalized spacial score (nSPS) is 13.3. The molecular formula is C10H13ClN4. The highest BCUT2D eigenvalue weighted by Gasteiger charge is 2.13. The Hall–Kier alpha value is -1.29. The fourth-order valence-corrected chi connectivity index (χ4v) is 1.74. The topological polar surface area (TPSA) is 56.7 Å². The first-order valence-electron chi connectivity index (χ1n) is 4.92. The van der Waals surface area contributed by atoms with Gasteiger partial charge in [-0.2, -0.15) is 0 Å². The highest BCUT2D eigenvalue weighted by molar-refractivity contribution is 6.31. The number of halogens is 1. The Morgan fingerprint density at radius 2 is 2.33 bits per heavy atom. The molecular weight excluding hydrogens is 212 g/mol. The van der Waals surface area contributed by atoms with Crippen molar-refractivity contribution >= 4 is 28.7 Å². The Bertz CT molecular complexity index is 491. The molecule has 5 heteroatoms. The molecule has 1 unspecified atom stereocenters. The number of fused-ring (bicyclic) bond motifs is 1. The summed E-state index contributed by atoms with van der Waals surface area (Å²) in [4.78, 5) is 8.50. The van der Waals surface area contributed by atoms with Crippen LogP contribution in [0, 0.1) is 0 Å². The van der Waals surface area contributed by atoms with Gasteiger partial charge in [-0.3, -0.25) is 4.57 Å². The van der Waals surface area contributed by atoms with Crippen LogP contribution in [0.2, 0.25) is 5.02 Å². The van der Waals surface area contributed by atoms with Gasteiger partial charge in [-0.25, -0.2) is 9.97 Å². The number of nitrogen functional groups attached to an aromatic ring is 1.